The van der Waals surface area contributed by atoms with Gasteiger partial charge in [0.05, 0.1) is 11.4 Å². The Balaban J connectivity index is 2.25. The smallest absolute Gasteiger partial charge is 0.169 e. The van der Waals surface area contributed by atoms with Crippen LogP contribution < -0.4 is 11.5 Å². The molecule has 1 fully saturated rings. The molecule has 0 spiro atoms. The third-order valence-electron chi connectivity index (χ3n) is 2.65. The highest BCUT2D eigenvalue weighted by molar-refractivity contribution is 5.57. The highest BCUT2D eigenvalue weighted by atomic mass is 15.1. The molecule has 70 valence electrons. The number of anilines is 2. The standard InChI is InChI=1S/C9H14N4/c10-7-5-8(12-13-9(7)11)6-3-1-2-4-6/h5-6H,1-4H2,(H2,10,12)(H2,11,13). The van der Waals surface area contributed by atoms with Gasteiger partial charge in [-0.3, -0.25) is 0 Å². The van der Waals surface area contributed by atoms with E-state index in [1.54, 1.807) is 0 Å². The molecule has 4 N–H and O–H groups in total. The first-order chi connectivity index (χ1) is 6.27. The number of nitrogens with two attached hydrogens (primary N) is 2. The second-order valence-electron chi connectivity index (χ2n) is 3.59. The average Bonchev–Trinajstić information content (AvgIpc) is 2.62. The van der Waals surface area contributed by atoms with Crippen LogP contribution >= 0.6 is 0 Å². The Labute approximate surface area is 77.3 Å². The summed E-state index contributed by atoms with van der Waals surface area (Å²) in [5, 5.41) is 7.89. The minimum atomic E-state index is 0.335. The van der Waals surface area contributed by atoms with Gasteiger partial charge in [0.25, 0.3) is 0 Å². The van der Waals surface area contributed by atoms with E-state index in [0.717, 1.165) is 5.69 Å². The summed E-state index contributed by atoms with van der Waals surface area (Å²) in [6.45, 7) is 0. The van der Waals surface area contributed by atoms with Gasteiger partial charge in [0.15, 0.2) is 5.82 Å². The Morgan fingerprint density at radius 3 is 2.46 bits per heavy atom. The number of nitrogen functional groups attached to an aromatic ring is 2. The fourth-order valence-electron chi connectivity index (χ4n) is 1.85. The van der Waals surface area contributed by atoms with Gasteiger partial charge >= 0.3 is 0 Å². The fourth-order valence-corrected chi connectivity index (χ4v) is 1.85. The zero-order chi connectivity index (χ0) is 9.26. The summed E-state index contributed by atoms with van der Waals surface area (Å²) in [5.41, 5.74) is 12.7. The van der Waals surface area contributed by atoms with Gasteiger partial charge in [0.1, 0.15) is 0 Å². The molecule has 0 unspecified atom stereocenters. The molecule has 0 bridgehead atoms. The van der Waals surface area contributed by atoms with Crippen LogP contribution in [0.2, 0.25) is 0 Å². The first-order valence-corrected chi connectivity index (χ1v) is 4.66. The minimum Gasteiger partial charge on any atom is -0.396 e. The SMILES string of the molecule is Nc1cc(C2CCCC2)nnc1N. The maximum absolute atomic E-state index is 5.66. The maximum Gasteiger partial charge on any atom is 0.169 e. The summed E-state index contributed by atoms with van der Waals surface area (Å²) < 4.78 is 0. The molecule has 0 atom stereocenters. The Bertz CT molecular complexity index is 304. The largest absolute Gasteiger partial charge is 0.396 e. The number of hydrogen-bond acceptors (Lipinski definition) is 4. The van der Waals surface area contributed by atoms with Gasteiger partial charge < -0.3 is 11.5 Å². The van der Waals surface area contributed by atoms with Crippen LogP contribution in [0, 0.1) is 0 Å². The van der Waals surface area contributed by atoms with Crippen molar-refractivity contribution in [2.45, 2.75) is 31.6 Å². The maximum atomic E-state index is 5.66. The van der Waals surface area contributed by atoms with Crippen molar-refractivity contribution in [3.05, 3.63) is 11.8 Å². The zero-order valence-electron chi connectivity index (χ0n) is 7.53. The van der Waals surface area contributed by atoms with Crippen molar-refractivity contribution in [1.29, 1.82) is 0 Å². The molecular weight excluding hydrogens is 164 g/mol. The van der Waals surface area contributed by atoms with Crippen molar-refractivity contribution < 1.29 is 0 Å². The lowest BCUT2D eigenvalue weighted by molar-refractivity contribution is 0.682. The van der Waals surface area contributed by atoms with E-state index in [0.29, 0.717) is 17.4 Å². The van der Waals surface area contributed by atoms with E-state index in [9.17, 15) is 0 Å². The summed E-state index contributed by atoms with van der Waals surface area (Å²) in [4.78, 5) is 0. The van der Waals surface area contributed by atoms with E-state index in [-0.39, 0.29) is 0 Å². The quantitative estimate of drug-likeness (QED) is 0.679. The van der Waals surface area contributed by atoms with E-state index in [2.05, 4.69) is 10.2 Å². The molecule has 13 heavy (non-hydrogen) atoms. The summed E-state index contributed by atoms with van der Waals surface area (Å²) in [6.07, 6.45) is 4.99. The Morgan fingerprint density at radius 1 is 1.15 bits per heavy atom. The Hall–Kier alpha value is -1.32. The molecule has 0 amide bonds. The van der Waals surface area contributed by atoms with Crippen LogP contribution in [-0.2, 0) is 0 Å². The van der Waals surface area contributed by atoms with Crippen LogP contribution in [-0.4, -0.2) is 10.2 Å². The van der Waals surface area contributed by atoms with Gasteiger partial charge in [0, 0.05) is 5.92 Å². The molecule has 1 saturated carbocycles. The summed E-state index contributed by atoms with van der Waals surface area (Å²) in [7, 11) is 0. The summed E-state index contributed by atoms with van der Waals surface area (Å²) in [6, 6.07) is 1.86. The second-order valence-corrected chi connectivity index (χ2v) is 3.59. The third-order valence-corrected chi connectivity index (χ3v) is 2.65. The van der Waals surface area contributed by atoms with Crippen molar-refractivity contribution in [2.75, 3.05) is 11.5 Å². The highest BCUT2D eigenvalue weighted by Crippen LogP contribution is 2.33. The van der Waals surface area contributed by atoms with Gasteiger partial charge in [-0.25, -0.2) is 0 Å². The first kappa shape index (κ1) is 8.29. The molecule has 4 heteroatoms. The predicted molar refractivity (Wildman–Crippen MR) is 52.1 cm³/mol. The average molecular weight is 178 g/mol. The number of hydrogen-bond donors (Lipinski definition) is 2. The molecule has 0 saturated heterocycles. The van der Waals surface area contributed by atoms with Crippen LogP contribution in [0.15, 0.2) is 6.07 Å². The lowest BCUT2D eigenvalue weighted by Crippen LogP contribution is -2.05. The predicted octanol–water partition coefficient (Wildman–Crippen LogP) is 1.30. The van der Waals surface area contributed by atoms with E-state index in [1.165, 1.54) is 25.7 Å². The summed E-state index contributed by atoms with van der Waals surface area (Å²) >= 11 is 0. The molecule has 1 aliphatic carbocycles. The molecule has 1 aromatic rings. The number of nitrogens with zero attached hydrogens (tertiary/aromatic N) is 2. The third kappa shape index (κ3) is 1.56. The molecule has 0 aliphatic heterocycles. The van der Waals surface area contributed by atoms with Crippen molar-refractivity contribution in [2.24, 2.45) is 0 Å². The van der Waals surface area contributed by atoms with Gasteiger partial charge in [-0.05, 0) is 18.9 Å². The van der Waals surface area contributed by atoms with E-state index < -0.39 is 0 Å². The first-order valence-electron chi connectivity index (χ1n) is 4.66. The summed E-state index contributed by atoms with van der Waals surface area (Å²) in [5.74, 6) is 0.886. The Morgan fingerprint density at radius 2 is 1.85 bits per heavy atom. The molecular formula is C9H14N4. The van der Waals surface area contributed by atoms with Gasteiger partial charge in [0.2, 0.25) is 0 Å². The van der Waals surface area contributed by atoms with Crippen LogP contribution in [0.1, 0.15) is 37.3 Å². The lowest BCUT2D eigenvalue weighted by atomic mass is 10.0. The number of aromatic nitrogens is 2. The van der Waals surface area contributed by atoms with Crippen LogP contribution in [0.25, 0.3) is 0 Å². The van der Waals surface area contributed by atoms with Crippen LogP contribution in [0.3, 0.4) is 0 Å². The number of rotatable bonds is 1. The van der Waals surface area contributed by atoms with Crippen molar-refractivity contribution in [3.63, 3.8) is 0 Å². The van der Waals surface area contributed by atoms with Gasteiger partial charge in [-0.2, -0.15) is 5.10 Å². The minimum absolute atomic E-state index is 0.335. The zero-order valence-corrected chi connectivity index (χ0v) is 7.53. The van der Waals surface area contributed by atoms with E-state index in [4.69, 9.17) is 11.5 Å². The van der Waals surface area contributed by atoms with Crippen molar-refractivity contribution in [1.82, 2.24) is 10.2 Å². The van der Waals surface area contributed by atoms with E-state index in [1.807, 2.05) is 6.07 Å². The van der Waals surface area contributed by atoms with Gasteiger partial charge in [-0.15, -0.1) is 5.10 Å². The molecule has 2 rings (SSSR count). The lowest BCUT2D eigenvalue weighted by Gasteiger charge is -2.08. The van der Waals surface area contributed by atoms with E-state index >= 15 is 0 Å². The molecule has 1 aromatic heterocycles. The normalized spacial score (nSPS) is 17.8. The highest BCUT2D eigenvalue weighted by Gasteiger charge is 2.19. The molecule has 0 radical (unpaired) electrons. The van der Waals surface area contributed by atoms with Crippen molar-refractivity contribution in [3.8, 4) is 0 Å². The molecule has 1 heterocycles. The topological polar surface area (TPSA) is 77.8 Å². The molecule has 1 aliphatic rings. The fraction of sp³-hybridized carbons (Fsp3) is 0.556. The van der Waals surface area contributed by atoms with Crippen LogP contribution in [0.4, 0.5) is 11.5 Å². The monoisotopic (exact) mass is 178 g/mol. The van der Waals surface area contributed by atoms with Crippen molar-refractivity contribution >= 4 is 11.5 Å². The van der Waals surface area contributed by atoms with Crippen LogP contribution in [0.5, 0.6) is 0 Å². The molecule has 0 aromatic carbocycles. The molecule has 4 nitrogen and oxygen atoms in total. The van der Waals surface area contributed by atoms with Gasteiger partial charge in [-0.1, -0.05) is 12.8 Å². The second kappa shape index (κ2) is 3.20. The Kier molecular flexibility index (Phi) is 2.04.